The lowest BCUT2D eigenvalue weighted by atomic mass is 10.3. The summed E-state index contributed by atoms with van der Waals surface area (Å²) in [5.41, 5.74) is 1.11. The molecule has 0 atom stereocenters. The number of carboxylic acid groups (broad SMARTS) is 1. The highest BCUT2D eigenvalue weighted by Crippen LogP contribution is 2.11. The van der Waals surface area contributed by atoms with Crippen LogP contribution in [0.3, 0.4) is 0 Å². The number of carboxylic acids is 1. The van der Waals surface area contributed by atoms with E-state index in [2.05, 4.69) is 32.3 Å². The lowest BCUT2D eigenvalue weighted by Gasteiger charge is -2.19. The number of hydrogen-bond donors (Lipinski definition) is 2. The third-order valence-electron chi connectivity index (χ3n) is 3.06. The molecule has 0 bridgehead atoms. The van der Waals surface area contributed by atoms with E-state index in [4.69, 9.17) is 5.11 Å². The number of para-hydroxylation sites is 1. The number of rotatable bonds is 7. The van der Waals surface area contributed by atoms with Gasteiger partial charge in [-0.25, -0.2) is 14.8 Å². The molecule has 2 aromatic rings. The van der Waals surface area contributed by atoms with Crippen molar-refractivity contribution in [1.29, 1.82) is 0 Å². The van der Waals surface area contributed by atoms with Crippen LogP contribution in [0.5, 0.6) is 0 Å². The van der Waals surface area contributed by atoms with Gasteiger partial charge in [-0.1, -0.05) is 18.2 Å². The average molecular weight is 286 g/mol. The standard InChI is InChI=1S/C15H18N4O2/c1-19(12-6-3-2-4-7-12)11-5-8-17-14-13(15(20)21)16-9-10-18-14/h2-4,6-7,9-10H,5,8,11H2,1H3,(H,17,18)(H,20,21). The molecule has 0 aliphatic carbocycles. The van der Waals surface area contributed by atoms with Gasteiger partial charge in [0.15, 0.2) is 11.5 Å². The minimum atomic E-state index is -1.08. The Morgan fingerprint density at radius 3 is 2.67 bits per heavy atom. The predicted molar refractivity (Wildman–Crippen MR) is 81.8 cm³/mol. The van der Waals surface area contributed by atoms with Crippen LogP contribution in [0, 0.1) is 0 Å². The smallest absolute Gasteiger partial charge is 0.358 e. The zero-order valence-corrected chi connectivity index (χ0v) is 11.9. The third-order valence-corrected chi connectivity index (χ3v) is 3.06. The van der Waals surface area contributed by atoms with Crippen LogP contribution in [0.15, 0.2) is 42.7 Å². The van der Waals surface area contributed by atoms with Gasteiger partial charge in [-0.3, -0.25) is 0 Å². The van der Waals surface area contributed by atoms with Crippen molar-refractivity contribution in [2.24, 2.45) is 0 Å². The number of nitrogens with zero attached hydrogens (tertiary/aromatic N) is 3. The van der Waals surface area contributed by atoms with E-state index in [0.29, 0.717) is 12.4 Å². The van der Waals surface area contributed by atoms with Gasteiger partial charge in [0.25, 0.3) is 0 Å². The van der Waals surface area contributed by atoms with Crippen molar-refractivity contribution in [1.82, 2.24) is 9.97 Å². The Kier molecular flexibility index (Phi) is 5.09. The van der Waals surface area contributed by atoms with E-state index in [1.165, 1.54) is 12.4 Å². The first kappa shape index (κ1) is 14.8. The largest absolute Gasteiger partial charge is 0.476 e. The second kappa shape index (κ2) is 7.23. The molecular formula is C15H18N4O2. The lowest BCUT2D eigenvalue weighted by Crippen LogP contribution is -2.21. The maximum atomic E-state index is 11.0. The Bertz CT molecular complexity index is 589. The highest BCUT2D eigenvalue weighted by molar-refractivity contribution is 5.90. The molecule has 21 heavy (non-hydrogen) atoms. The topological polar surface area (TPSA) is 78.3 Å². The molecular weight excluding hydrogens is 268 g/mol. The Labute approximate surface area is 123 Å². The highest BCUT2D eigenvalue weighted by Gasteiger charge is 2.11. The van der Waals surface area contributed by atoms with Gasteiger partial charge in [0.05, 0.1) is 0 Å². The van der Waals surface area contributed by atoms with Crippen molar-refractivity contribution in [3.63, 3.8) is 0 Å². The van der Waals surface area contributed by atoms with Crippen LogP contribution in [0.4, 0.5) is 11.5 Å². The second-order valence-corrected chi connectivity index (χ2v) is 4.60. The summed E-state index contributed by atoms with van der Waals surface area (Å²) in [6.07, 6.45) is 3.71. The SMILES string of the molecule is CN(CCCNc1nccnc1C(=O)O)c1ccccc1. The maximum Gasteiger partial charge on any atom is 0.358 e. The molecule has 1 heterocycles. The van der Waals surface area contributed by atoms with Crippen molar-refractivity contribution in [3.05, 3.63) is 48.4 Å². The number of benzene rings is 1. The van der Waals surface area contributed by atoms with Crippen molar-refractivity contribution < 1.29 is 9.90 Å². The number of anilines is 2. The summed E-state index contributed by atoms with van der Waals surface area (Å²) in [6.45, 7) is 1.50. The first-order valence-corrected chi connectivity index (χ1v) is 6.73. The molecule has 110 valence electrons. The monoisotopic (exact) mass is 286 g/mol. The van der Waals surface area contributed by atoms with E-state index in [0.717, 1.165) is 18.7 Å². The molecule has 0 unspecified atom stereocenters. The normalized spacial score (nSPS) is 10.1. The Morgan fingerprint density at radius 2 is 1.95 bits per heavy atom. The van der Waals surface area contributed by atoms with Gasteiger partial charge in [-0.15, -0.1) is 0 Å². The Balaban J connectivity index is 1.81. The van der Waals surface area contributed by atoms with Gasteiger partial charge in [0, 0.05) is 38.2 Å². The summed E-state index contributed by atoms with van der Waals surface area (Å²) < 4.78 is 0. The molecule has 0 aliphatic rings. The van der Waals surface area contributed by atoms with Gasteiger partial charge in [-0.05, 0) is 18.6 Å². The van der Waals surface area contributed by atoms with Crippen molar-refractivity contribution in [2.75, 3.05) is 30.4 Å². The van der Waals surface area contributed by atoms with Crippen LogP contribution in [0.25, 0.3) is 0 Å². The first-order valence-electron chi connectivity index (χ1n) is 6.73. The molecule has 0 saturated heterocycles. The molecule has 0 fully saturated rings. The zero-order valence-electron chi connectivity index (χ0n) is 11.9. The van der Waals surface area contributed by atoms with Gasteiger partial charge >= 0.3 is 5.97 Å². The van der Waals surface area contributed by atoms with Gasteiger partial charge < -0.3 is 15.3 Å². The van der Waals surface area contributed by atoms with E-state index in [1.807, 2.05) is 25.2 Å². The Hall–Kier alpha value is -2.63. The molecule has 6 heteroatoms. The van der Waals surface area contributed by atoms with E-state index < -0.39 is 5.97 Å². The molecule has 2 rings (SSSR count). The molecule has 0 amide bonds. The van der Waals surface area contributed by atoms with Crippen LogP contribution in [0.1, 0.15) is 16.9 Å². The van der Waals surface area contributed by atoms with Crippen LogP contribution in [-0.2, 0) is 0 Å². The predicted octanol–water partition coefficient (Wildman–Crippen LogP) is 2.11. The highest BCUT2D eigenvalue weighted by atomic mass is 16.4. The number of nitrogens with one attached hydrogen (secondary N) is 1. The van der Waals surface area contributed by atoms with E-state index >= 15 is 0 Å². The fourth-order valence-corrected chi connectivity index (χ4v) is 1.96. The molecule has 0 aliphatic heterocycles. The molecule has 0 spiro atoms. The quantitative estimate of drug-likeness (QED) is 0.759. The Morgan fingerprint density at radius 1 is 1.24 bits per heavy atom. The summed E-state index contributed by atoms with van der Waals surface area (Å²) in [7, 11) is 2.03. The van der Waals surface area contributed by atoms with E-state index in [-0.39, 0.29) is 5.69 Å². The molecule has 2 N–H and O–H groups in total. The second-order valence-electron chi connectivity index (χ2n) is 4.60. The number of carbonyl (C=O) groups is 1. The van der Waals surface area contributed by atoms with E-state index in [9.17, 15) is 4.79 Å². The van der Waals surface area contributed by atoms with Crippen molar-refractivity contribution >= 4 is 17.5 Å². The van der Waals surface area contributed by atoms with E-state index in [1.54, 1.807) is 0 Å². The molecule has 1 aromatic carbocycles. The molecule has 0 saturated carbocycles. The summed E-state index contributed by atoms with van der Waals surface area (Å²) >= 11 is 0. The fourth-order valence-electron chi connectivity index (χ4n) is 1.96. The van der Waals surface area contributed by atoms with Crippen molar-refractivity contribution in [2.45, 2.75) is 6.42 Å². The maximum absolute atomic E-state index is 11.0. The van der Waals surface area contributed by atoms with Crippen LogP contribution >= 0.6 is 0 Å². The summed E-state index contributed by atoms with van der Waals surface area (Å²) in [5.74, 6) is -0.764. The number of hydrogen-bond acceptors (Lipinski definition) is 5. The fraction of sp³-hybridized carbons (Fsp3) is 0.267. The summed E-state index contributed by atoms with van der Waals surface area (Å²) in [6, 6.07) is 10.1. The average Bonchev–Trinajstić information content (AvgIpc) is 2.52. The minimum absolute atomic E-state index is 0.0473. The summed E-state index contributed by atoms with van der Waals surface area (Å²) in [4.78, 5) is 21.0. The van der Waals surface area contributed by atoms with Crippen LogP contribution in [-0.4, -0.2) is 41.2 Å². The van der Waals surface area contributed by atoms with Gasteiger partial charge in [-0.2, -0.15) is 0 Å². The minimum Gasteiger partial charge on any atom is -0.476 e. The van der Waals surface area contributed by atoms with Crippen LogP contribution < -0.4 is 10.2 Å². The first-order chi connectivity index (χ1) is 10.2. The van der Waals surface area contributed by atoms with Crippen molar-refractivity contribution in [3.8, 4) is 0 Å². The van der Waals surface area contributed by atoms with Gasteiger partial charge in [0.2, 0.25) is 0 Å². The molecule has 0 radical (unpaired) electrons. The van der Waals surface area contributed by atoms with Gasteiger partial charge in [0.1, 0.15) is 0 Å². The molecule has 6 nitrogen and oxygen atoms in total. The molecule has 1 aromatic heterocycles. The summed E-state index contributed by atoms with van der Waals surface area (Å²) in [5, 5.41) is 12.0. The lowest BCUT2D eigenvalue weighted by molar-refractivity contribution is 0.0691. The number of aromatic nitrogens is 2. The van der Waals surface area contributed by atoms with Crippen LogP contribution in [0.2, 0.25) is 0 Å². The zero-order chi connectivity index (χ0) is 15.1. The third kappa shape index (κ3) is 4.17. The number of aromatic carboxylic acids is 1.